The molecule has 0 atom stereocenters. The Hall–Kier alpha value is -7.56. The summed E-state index contributed by atoms with van der Waals surface area (Å²) in [4.78, 5) is 20.2. The van der Waals surface area contributed by atoms with Crippen molar-refractivity contribution in [2.75, 3.05) is 0 Å². The van der Waals surface area contributed by atoms with Crippen LogP contribution in [0.3, 0.4) is 0 Å². The van der Waals surface area contributed by atoms with Gasteiger partial charge in [0.25, 0.3) is 0 Å². The van der Waals surface area contributed by atoms with E-state index in [0.29, 0.717) is 0 Å². The van der Waals surface area contributed by atoms with Crippen molar-refractivity contribution in [1.82, 2.24) is 19.9 Å². The predicted octanol–water partition coefficient (Wildman–Crippen LogP) is 13.4. The number of hydrogen-bond donors (Lipinski definition) is 0. The molecule has 0 amide bonds. The summed E-state index contributed by atoms with van der Waals surface area (Å²) < 4.78 is 0. The highest BCUT2D eigenvalue weighted by Crippen LogP contribution is 2.37. The van der Waals surface area contributed by atoms with Crippen LogP contribution in [0, 0.1) is 0 Å². The van der Waals surface area contributed by atoms with Crippen molar-refractivity contribution < 1.29 is 0 Å². The van der Waals surface area contributed by atoms with Crippen LogP contribution in [-0.4, -0.2) is 19.9 Å². The van der Waals surface area contributed by atoms with Crippen LogP contribution in [0.2, 0.25) is 0 Å². The van der Waals surface area contributed by atoms with Gasteiger partial charge in [-0.05, 0) is 81.6 Å². The monoisotopic (exact) mass is 712 g/mol. The van der Waals surface area contributed by atoms with Gasteiger partial charge in [-0.3, -0.25) is 4.98 Å². The molecule has 0 aliphatic rings. The average molecular weight is 713 g/mol. The van der Waals surface area contributed by atoms with E-state index in [-0.39, 0.29) is 0 Å². The Balaban J connectivity index is 0.937. The fraction of sp³-hybridized carbons (Fsp3) is 0. The first-order valence-corrected chi connectivity index (χ1v) is 18.9. The second kappa shape index (κ2) is 13.1. The summed E-state index contributed by atoms with van der Waals surface area (Å²) in [6, 6.07) is 66.2. The van der Waals surface area contributed by atoms with E-state index < -0.39 is 0 Å². The van der Waals surface area contributed by atoms with Crippen molar-refractivity contribution in [3.63, 3.8) is 0 Å². The highest BCUT2D eigenvalue weighted by atomic mass is 14.8. The lowest BCUT2D eigenvalue weighted by Gasteiger charge is -2.13. The summed E-state index contributed by atoms with van der Waals surface area (Å²) in [7, 11) is 0. The van der Waals surface area contributed by atoms with E-state index >= 15 is 0 Å². The van der Waals surface area contributed by atoms with Crippen LogP contribution >= 0.6 is 0 Å². The Morgan fingerprint density at radius 3 is 1.71 bits per heavy atom. The van der Waals surface area contributed by atoms with Crippen molar-refractivity contribution in [3.8, 4) is 56.0 Å². The van der Waals surface area contributed by atoms with Gasteiger partial charge in [-0.1, -0.05) is 140 Å². The number of hydrogen-bond acceptors (Lipinski definition) is 4. The maximum atomic E-state index is 5.26. The molecule has 0 aliphatic carbocycles. The molecular weight excluding hydrogens is 681 g/mol. The standard InChI is InChI=1S/C52H32N4/c1-2-8-33(9-3-1)37-10-6-11-40(30-37)46-26-22-41-31-38(21-25-47(41)54-46)39-18-15-34-19-27-48(55-50(34)32-39)44-23-24-45(43-14-5-4-13-42(43)44)49-28-20-36-17-16-35-12-7-29-53-51(35)52(36)56-49/h1-32H. The Morgan fingerprint density at radius 2 is 0.875 bits per heavy atom. The number of aromatic nitrogens is 4. The van der Waals surface area contributed by atoms with E-state index in [4.69, 9.17) is 15.0 Å². The van der Waals surface area contributed by atoms with Gasteiger partial charge >= 0.3 is 0 Å². The molecular formula is C52H32N4. The molecule has 4 aromatic heterocycles. The molecule has 0 spiro atoms. The molecule has 0 N–H and O–H groups in total. The molecule has 56 heavy (non-hydrogen) atoms. The van der Waals surface area contributed by atoms with Crippen LogP contribution in [0.1, 0.15) is 0 Å². The van der Waals surface area contributed by atoms with Crippen molar-refractivity contribution in [3.05, 3.63) is 194 Å². The summed E-state index contributed by atoms with van der Waals surface area (Å²) in [5.74, 6) is 0. The van der Waals surface area contributed by atoms with Crippen LogP contribution in [0.4, 0.5) is 0 Å². The van der Waals surface area contributed by atoms with Crippen LogP contribution in [0.15, 0.2) is 194 Å². The van der Waals surface area contributed by atoms with Crippen molar-refractivity contribution in [1.29, 1.82) is 0 Å². The number of benzene rings is 7. The molecule has 260 valence electrons. The van der Waals surface area contributed by atoms with Gasteiger partial charge in [0.1, 0.15) is 0 Å². The van der Waals surface area contributed by atoms with E-state index in [2.05, 4.69) is 181 Å². The molecule has 11 aromatic rings. The Morgan fingerprint density at radius 1 is 0.286 bits per heavy atom. The molecule has 4 heteroatoms. The first-order valence-electron chi connectivity index (χ1n) is 18.9. The number of nitrogens with zero attached hydrogens (tertiary/aromatic N) is 4. The van der Waals surface area contributed by atoms with Gasteiger partial charge in [0.2, 0.25) is 0 Å². The van der Waals surface area contributed by atoms with Gasteiger partial charge < -0.3 is 0 Å². The summed E-state index contributed by atoms with van der Waals surface area (Å²) >= 11 is 0. The van der Waals surface area contributed by atoms with Gasteiger partial charge in [-0.15, -0.1) is 0 Å². The zero-order valence-corrected chi connectivity index (χ0v) is 30.3. The Bertz CT molecular complexity index is 3320. The third kappa shape index (κ3) is 5.55. The maximum Gasteiger partial charge on any atom is 0.0972 e. The largest absolute Gasteiger partial charge is 0.254 e. The highest BCUT2D eigenvalue weighted by molar-refractivity contribution is 6.07. The zero-order valence-electron chi connectivity index (χ0n) is 30.3. The topological polar surface area (TPSA) is 51.6 Å². The van der Waals surface area contributed by atoms with Gasteiger partial charge in [0.15, 0.2) is 0 Å². The van der Waals surface area contributed by atoms with Crippen LogP contribution < -0.4 is 0 Å². The molecule has 7 aromatic carbocycles. The van der Waals surface area contributed by atoms with Crippen LogP contribution in [0.5, 0.6) is 0 Å². The molecule has 0 saturated carbocycles. The third-order valence-electron chi connectivity index (χ3n) is 10.9. The average Bonchev–Trinajstić information content (AvgIpc) is 3.28. The molecule has 0 unspecified atom stereocenters. The molecule has 11 rings (SSSR count). The number of rotatable bonds is 5. The minimum atomic E-state index is 0.915. The molecule has 4 nitrogen and oxygen atoms in total. The second-order valence-corrected chi connectivity index (χ2v) is 14.3. The normalized spacial score (nSPS) is 11.6. The van der Waals surface area contributed by atoms with Crippen LogP contribution in [-0.2, 0) is 0 Å². The van der Waals surface area contributed by atoms with E-state index in [1.165, 1.54) is 11.1 Å². The predicted molar refractivity (Wildman–Crippen MR) is 232 cm³/mol. The van der Waals surface area contributed by atoms with E-state index in [9.17, 15) is 0 Å². The molecule has 0 saturated heterocycles. The Kier molecular flexibility index (Phi) is 7.46. The smallest absolute Gasteiger partial charge is 0.0972 e. The van der Waals surface area contributed by atoms with Crippen molar-refractivity contribution in [2.24, 2.45) is 0 Å². The minimum Gasteiger partial charge on any atom is -0.254 e. The van der Waals surface area contributed by atoms with E-state index in [1.54, 1.807) is 0 Å². The molecule has 0 bridgehead atoms. The first kappa shape index (κ1) is 31.9. The fourth-order valence-corrected chi connectivity index (χ4v) is 8.02. The summed E-state index contributed by atoms with van der Waals surface area (Å²) in [5, 5.41) is 6.64. The fourth-order valence-electron chi connectivity index (χ4n) is 8.02. The van der Waals surface area contributed by atoms with Gasteiger partial charge in [-0.2, -0.15) is 0 Å². The maximum absolute atomic E-state index is 5.26. The quantitative estimate of drug-likeness (QED) is 0.167. The Labute approximate surface area is 323 Å². The summed E-state index contributed by atoms with van der Waals surface area (Å²) in [5.41, 5.74) is 14.5. The van der Waals surface area contributed by atoms with Gasteiger partial charge in [-0.25, -0.2) is 15.0 Å². The first-order chi connectivity index (χ1) is 27.7. The van der Waals surface area contributed by atoms with Crippen molar-refractivity contribution >= 4 is 54.4 Å². The molecule has 4 heterocycles. The summed E-state index contributed by atoms with van der Waals surface area (Å²) in [6.07, 6.45) is 1.84. The lowest BCUT2D eigenvalue weighted by Crippen LogP contribution is -1.92. The third-order valence-corrected chi connectivity index (χ3v) is 10.9. The zero-order chi connectivity index (χ0) is 37.0. The molecule has 0 radical (unpaired) electrons. The second-order valence-electron chi connectivity index (χ2n) is 14.3. The molecule has 0 aliphatic heterocycles. The van der Waals surface area contributed by atoms with Gasteiger partial charge in [0, 0.05) is 44.4 Å². The summed E-state index contributed by atoms with van der Waals surface area (Å²) in [6.45, 7) is 0. The highest BCUT2D eigenvalue weighted by Gasteiger charge is 2.14. The lowest BCUT2D eigenvalue weighted by molar-refractivity contribution is 1.37. The minimum absolute atomic E-state index is 0.915. The van der Waals surface area contributed by atoms with Crippen LogP contribution in [0.25, 0.3) is 110 Å². The van der Waals surface area contributed by atoms with Gasteiger partial charge in [0.05, 0.1) is 39.1 Å². The van der Waals surface area contributed by atoms with E-state index in [1.807, 2.05) is 18.3 Å². The lowest BCUT2D eigenvalue weighted by atomic mass is 9.95. The van der Waals surface area contributed by atoms with E-state index in [0.717, 1.165) is 99.3 Å². The molecule has 0 fully saturated rings. The number of fused-ring (bicyclic) bond motifs is 6. The SMILES string of the molecule is c1ccc(-c2cccc(-c3ccc4cc(-c5ccc6ccc(-c7ccc(-c8ccc9ccc%10cccnc%10c9n8)c8ccccc78)nc6c5)ccc4n3)c2)cc1. The van der Waals surface area contributed by atoms with Crippen molar-refractivity contribution in [2.45, 2.75) is 0 Å². The number of pyridine rings is 4.